The molecule has 5 nitrogen and oxygen atoms in total. The van der Waals surface area contributed by atoms with E-state index in [0.29, 0.717) is 0 Å². The molecule has 0 aromatic heterocycles. The molecule has 0 aromatic carbocycles. The highest BCUT2D eigenvalue weighted by Gasteiger charge is 2.37. The molecule has 0 aromatic rings. The predicted octanol–water partition coefficient (Wildman–Crippen LogP) is 2.41. The third-order valence-electron chi connectivity index (χ3n) is 1.33. The summed E-state index contributed by atoms with van der Waals surface area (Å²) in [6.45, 7) is 4.88. The minimum absolute atomic E-state index is 0.0941. The van der Waals surface area contributed by atoms with Crippen molar-refractivity contribution in [2.75, 3.05) is 13.2 Å². The van der Waals surface area contributed by atoms with Crippen molar-refractivity contribution >= 4 is 13.3 Å². The molecule has 0 bridgehead atoms. The first kappa shape index (κ1) is 14.2. The van der Waals surface area contributed by atoms with E-state index in [-0.39, 0.29) is 13.2 Å². The van der Waals surface area contributed by atoms with Crippen LogP contribution in [0.3, 0.4) is 0 Å². The molecule has 0 aliphatic carbocycles. The second-order valence-corrected chi connectivity index (χ2v) is 4.40. The molecule has 0 radical (unpaired) electrons. The van der Waals surface area contributed by atoms with E-state index < -0.39 is 19.4 Å². The van der Waals surface area contributed by atoms with Gasteiger partial charge in [0, 0.05) is 0 Å². The second kappa shape index (κ2) is 6.62. The van der Waals surface area contributed by atoms with Gasteiger partial charge in [-0.2, -0.15) is 0 Å². The molecular weight excluding hydrogens is 219 g/mol. The van der Waals surface area contributed by atoms with Crippen LogP contribution in [0.25, 0.3) is 0 Å². The summed E-state index contributed by atoms with van der Waals surface area (Å²) >= 11 is 0. The van der Waals surface area contributed by atoms with E-state index in [1.807, 2.05) is 0 Å². The zero-order chi connectivity index (χ0) is 11.9. The van der Waals surface area contributed by atoms with Crippen molar-refractivity contribution in [2.24, 2.45) is 0 Å². The summed E-state index contributed by atoms with van der Waals surface area (Å²) in [6.07, 6.45) is 4.26. The van der Waals surface area contributed by atoms with E-state index >= 15 is 0 Å². The molecule has 86 valence electrons. The van der Waals surface area contributed by atoms with Gasteiger partial charge >= 0.3 is 13.3 Å². The fourth-order valence-corrected chi connectivity index (χ4v) is 1.98. The average molecular weight is 234 g/mol. The maximum Gasteiger partial charge on any atom is 0.438 e. The number of terminal acetylenes is 1. The highest BCUT2D eigenvalue weighted by atomic mass is 31.2. The number of hydrogen-bond donors (Lipinski definition) is 0. The fourth-order valence-electron chi connectivity index (χ4n) is 0.732. The van der Waals surface area contributed by atoms with E-state index in [2.05, 4.69) is 10.7 Å². The Labute approximate surface area is 89.6 Å². The van der Waals surface area contributed by atoms with Crippen LogP contribution < -0.4 is 0 Å². The van der Waals surface area contributed by atoms with Gasteiger partial charge in [0.2, 0.25) is 0 Å². The lowest BCUT2D eigenvalue weighted by atomic mass is 10.4. The van der Waals surface area contributed by atoms with Crippen molar-refractivity contribution in [3.63, 3.8) is 0 Å². The van der Waals surface area contributed by atoms with Gasteiger partial charge < -0.3 is 13.8 Å². The summed E-state index contributed by atoms with van der Waals surface area (Å²) in [5, 5.41) is 0. The Morgan fingerprint density at radius 1 is 1.40 bits per heavy atom. The van der Waals surface area contributed by atoms with E-state index in [0.717, 1.165) is 0 Å². The average Bonchev–Trinajstić information content (AvgIpc) is 2.18. The van der Waals surface area contributed by atoms with Gasteiger partial charge in [0.25, 0.3) is 0 Å². The Bertz CT molecular complexity index is 283. The highest BCUT2D eigenvalue weighted by Crippen LogP contribution is 2.50. The first-order valence-corrected chi connectivity index (χ1v) is 6.10. The molecule has 0 spiro atoms. The van der Waals surface area contributed by atoms with E-state index in [1.54, 1.807) is 13.8 Å². The monoisotopic (exact) mass is 234 g/mol. The molecule has 1 unspecified atom stereocenters. The number of rotatable bonds is 6. The van der Waals surface area contributed by atoms with Gasteiger partial charge in [-0.1, -0.05) is 5.92 Å². The zero-order valence-electron chi connectivity index (χ0n) is 9.06. The lowest BCUT2D eigenvalue weighted by Gasteiger charge is -2.16. The number of carbonyl (C=O) groups excluding carboxylic acids is 1. The van der Waals surface area contributed by atoms with Crippen molar-refractivity contribution in [3.8, 4) is 12.3 Å². The molecule has 0 amide bonds. The molecule has 0 heterocycles. The van der Waals surface area contributed by atoms with E-state index in [1.165, 1.54) is 6.92 Å². The summed E-state index contributed by atoms with van der Waals surface area (Å²) in [4.78, 5) is 11.4. The van der Waals surface area contributed by atoms with Crippen LogP contribution in [0.4, 0.5) is 4.79 Å². The summed E-state index contributed by atoms with van der Waals surface area (Å²) < 4.78 is 26.0. The predicted molar refractivity (Wildman–Crippen MR) is 55.6 cm³/mol. The van der Waals surface area contributed by atoms with Crippen molar-refractivity contribution in [1.29, 1.82) is 0 Å². The first-order chi connectivity index (χ1) is 7.00. The minimum Gasteiger partial charge on any atom is -0.440 e. The normalized spacial score (nSPS) is 12.9. The van der Waals surface area contributed by atoms with Crippen molar-refractivity contribution in [3.05, 3.63) is 0 Å². The lowest BCUT2D eigenvalue weighted by molar-refractivity contribution is 0.135. The summed E-state index contributed by atoms with van der Waals surface area (Å²) in [5.74, 6) is 2.18. The Kier molecular flexibility index (Phi) is 6.26. The van der Waals surface area contributed by atoms with Gasteiger partial charge in [0.15, 0.2) is 6.10 Å². The number of carbonyl (C=O) groups is 1. The minimum atomic E-state index is -3.83. The second-order valence-electron chi connectivity index (χ2n) is 2.53. The van der Waals surface area contributed by atoms with Crippen molar-refractivity contribution in [2.45, 2.75) is 26.9 Å². The van der Waals surface area contributed by atoms with Crippen LogP contribution in [0.5, 0.6) is 0 Å². The Balaban J connectivity index is 4.57. The fraction of sp³-hybridized carbons (Fsp3) is 0.667. The molecule has 1 atom stereocenters. The van der Waals surface area contributed by atoms with Gasteiger partial charge in [-0.05, 0) is 20.8 Å². The molecule has 0 aliphatic rings. The van der Waals surface area contributed by atoms with Crippen molar-refractivity contribution < 1.29 is 23.1 Å². The number of ether oxygens (including phenoxy) is 1. The maximum atomic E-state index is 11.8. The summed E-state index contributed by atoms with van der Waals surface area (Å²) in [7, 11) is -3.83. The molecule has 0 rings (SSSR count). The SMILES string of the molecule is C#CC(C)OC(=O)P(=O)(OCC)OCC. The molecule has 0 aliphatic heterocycles. The quantitative estimate of drug-likeness (QED) is 0.521. The zero-order valence-corrected chi connectivity index (χ0v) is 9.95. The molecular formula is C9H15O5P. The van der Waals surface area contributed by atoms with Crippen LogP contribution in [-0.2, 0) is 18.3 Å². The number of hydrogen-bond acceptors (Lipinski definition) is 5. The van der Waals surface area contributed by atoms with Gasteiger partial charge in [0.1, 0.15) is 0 Å². The van der Waals surface area contributed by atoms with Gasteiger partial charge in [-0.25, -0.2) is 9.36 Å². The van der Waals surface area contributed by atoms with Crippen LogP contribution in [0, 0.1) is 12.3 Å². The van der Waals surface area contributed by atoms with E-state index in [4.69, 9.17) is 15.5 Å². The largest absolute Gasteiger partial charge is 0.440 e. The van der Waals surface area contributed by atoms with Gasteiger partial charge in [0.05, 0.1) is 13.2 Å². The highest BCUT2D eigenvalue weighted by molar-refractivity contribution is 7.71. The van der Waals surface area contributed by atoms with Crippen LogP contribution in [0.1, 0.15) is 20.8 Å². The third-order valence-corrected chi connectivity index (χ3v) is 3.08. The Morgan fingerprint density at radius 2 is 1.87 bits per heavy atom. The Hall–Kier alpha value is -0.820. The molecule has 0 saturated carbocycles. The lowest BCUT2D eigenvalue weighted by Crippen LogP contribution is -2.14. The van der Waals surface area contributed by atoms with Crippen LogP contribution in [0.15, 0.2) is 0 Å². The summed E-state index contributed by atoms with van der Waals surface area (Å²) in [5.41, 5.74) is -1.04. The molecule has 0 N–H and O–H groups in total. The molecule has 0 fully saturated rings. The molecule has 15 heavy (non-hydrogen) atoms. The van der Waals surface area contributed by atoms with Gasteiger partial charge in [-0.15, -0.1) is 6.42 Å². The first-order valence-electron chi connectivity index (χ1n) is 4.56. The molecule has 6 heteroatoms. The van der Waals surface area contributed by atoms with Crippen LogP contribution in [0.2, 0.25) is 0 Å². The smallest absolute Gasteiger partial charge is 0.438 e. The van der Waals surface area contributed by atoms with Crippen molar-refractivity contribution in [1.82, 2.24) is 0 Å². The topological polar surface area (TPSA) is 61.8 Å². The maximum absolute atomic E-state index is 11.8. The van der Waals surface area contributed by atoms with E-state index in [9.17, 15) is 9.36 Å². The van der Waals surface area contributed by atoms with Crippen LogP contribution >= 0.6 is 7.60 Å². The third kappa shape index (κ3) is 4.48. The van der Waals surface area contributed by atoms with Gasteiger partial charge in [-0.3, -0.25) is 0 Å². The Morgan fingerprint density at radius 3 is 2.20 bits per heavy atom. The van der Waals surface area contributed by atoms with Crippen LogP contribution in [-0.4, -0.2) is 25.0 Å². The summed E-state index contributed by atoms with van der Waals surface area (Å²) in [6, 6.07) is 0. The standard InChI is InChI=1S/C9H15O5P/c1-5-8(4)14-9(10)15(11,12-6-2)13-7-3/h1,8H,6-7H2,2-4H3. The molecule has 0 saturated heterocycles.